The summed E-state index contributed by atoms with van der Waals surface area (Å²) in [5.74, 6) is 0.571. The zero-order valence-electron chi connectivity index (χ0n) is 10.8. The second-order valence-electron chi connectivity index (χ2n) is 4.59. The SMILES string of the molecule is CC.CC1CCN(C(C)(C)C(N)=O)CC1. The maximum Gasteiger partial charge on any atom is 0.237 e. The number of carbonyl (C=O) groups is 1. The molecule has 3 nitrogen and oxygen atoms in total. The van der Waals surface area contributed by atoms with Gasteiger partial charge in [-0.1, -0.05) is 20.8 Å². The second-order valence-corrected chi connectivity index (χ2v) is 4.59. The van der Waals surface area contributed by atoms with Crippen molar-refractivity contribution < 1.29 is 4.79 Å². The molecule has 0 aromatic heterocycles. The van der Waals surface area contributed by atoms with E-state index >= 15 is 0 Å². The van der Waals surface area contributed by atoms with Gasteiger partial charge in [0.05, 0.1) is 5.54 Å². The van der Waals surface area contributed by atoms with Crippen LogP contribution < -0.4 is 5.73 Å². The monoisotopic (exact) mass is 214 g/mol. The first kappa shape index (κ1) is 14.4. The van der Waals surface area contributed by atoms with E-state index in [0.29, 0.717) is 0 Å². The molecule has 1 aliphatic heterocycles. The number of piperidine rings is 1. The Labute approximate surface area is 94.0 Å². The number of likely N-dealkylation sites (tertiary alicyclic amines) is 1. The van der Waals surface area contributed by atoms with E-state index in [4.69, 9.17) is 5.73 Å². The number of carbonyl (C=O) groups excluding carboxylic acids is 1. The predicted molar refractivity (Wildman–Crippen MR) is 64.6 cm³/mol. The first-order chi connectivity index (χ1) is 6.94. The number of primary amides is 1. The van der Waals surface area contributed by atoms with Gasteiger partial charge in [-0.3, -0.25) is 9.69 Å². The number of hydrogen-bond donors (Lipinski definition) is 1. The van der Waals surface area contributed by atoms with Gasteiger partial charge in [0.25, 0.3) is 0 Å². The Kier molecular flexibility index (Phi) is 5.88. The fourth-order valence-corrected chi connectivity index (χ4v) is 1.72. The van der Waals surface area contributed by atoms with Gasteiger partial charge in [-0.05, 0) is 45.7 Å². The van der Waals surface area contributed by atoms with Gasteiger partial charge in [-0.2, -0.15) is 0 Å². The van der Waals surface area contributed by atoms with Crippen molar-refractivity contribution in [2.75, 3.05) is 13.1 Å². The Balaban J connectivity index is 0.000000921. The maximum atomic E-state index is 11.2. The van der Waals surface area contributed by atoms with E-state index in [1.807, 2.05) is 27.7 Å². The molecule has 0 radical (unpaired) electrons. The van der Waals surface area contributed by atoms with Gasteiger partial charge in [0.15, 0.2) is 0 Å². The van der Waals surface area contributed by atoms with Gasteiger partial charge in [0.1, 0.15) is 0 Å². The van der Waals surface area contributed by atoms with Gasteiger partial charge in [0.2, 0.25) is 5.91 Å². The van der Waals surface area contributed by atoms with Crippen molar-refractivity contribution in [2.45, 2.75) is 53.0 Å². The van der Waals surface area contributed by atoms with Crippen LogP contribution in [0.2, 0.25) is 0 Å². The van der Waals surface area contributed by atoms with Crippen molar-refractivity contribution in [3.05, 3.63) is 0 Å². The predicted octanol–water partition coefficient (Wildman–Crippen LogP) is 2.01. The van der Waals surface area contributed by atoms with Crippen molar-refractivity contribution >= 4 is 5.91 Å². The summed E-state index contributed by atoms with van der Waals surface area (Å²) in [6, 6.07) is 0. The van der Waals surface area contributed by atoms with Crippen LogP contribution in [0.5, 0.6) is 0 Å². The van der Waals surface area contributed by atoms with Crippen LogP contribution in [0.1, 0.15) is 47.5 Å². The highest BCUT2D eigenvalue weighted by molar-refractivity contribution is 5.83. The molecule has 1 aliphatic rings. The van der Waals surface area contributed by atoms with Crippen LogP contribution in [0.4, 0.5) is 0 Å². The number of amides is 1. The van der Waals surface area contributed by atoms with Crippen LogP contribution in [0.15, 0.2) is 0 Å². The van der Waals surface area contributed by atoms with Gasteiger partial charge in [-0.15, -0.1) is 0 Å². The van der Waals surface area contributed by atoms with Gasteiger partial charge >= 0.3 is 0 Å². The highest BCUT2D eigenvalue weighted by Gasteiger charge is 2.34. The molecule has 0 unspecified atom stereocenters. The molecule has 1 fully saturated rings. The molecule has 0 spiro atoms. The molecule has 0 atom stereocenters. The zero-order chi connectivity index (χ0) is 12.1. The second kappa shape index (κ2) is 6.11. The van der Waals surface area contributed by atoms with Crippen LogP contribution in [-0.4, -0.2) is 29.4 Å². The number of nitrogens with two attached hydrogens (primary N) is 1. The Morgan fingerprint density at radius 2 is 1.67 bits per heavy atom. The number of rotatable bonds is 2. The molecule has 0 aromatic rings. The lowest BCUT2D eigenvalue weighted by atomic mass is 9.93. The minimum absolute atomic E-state index is 0.220. The van der Waals surface area contributed by atoms with Crippen molar-refractivity contribution in [1.82, 2.24) is 4.90 Å². The fourth-order valence-electron chi connectivity index (χ4n) is 1.72. The molecular formula is C12H26N2O. The van der Waals surface area contributed by atoms with Gasteiger partial charge < -0.3 is 5.73 Å². The summed E-state index contributed by atoms with van der Waals surface area (Å²) < 4.78 is 0. The lowest BCUT2D eigenvalue weighted by Crippen LogP contribution is -2.55. The van der Waals surface area contributed by atoms with E-state index in [0.717, 1.165) is 19.0 Å². The molecule has 1 saturated heterocycles. The number of nitrogens with zero attached hydrogens (tertiary/aromatic N) is 1. The summed E-state index contributed by atoms with van der Waals surface area (Å²) in [6.45, 7) is 12.1. The van der Waals surface area contributed by atoms with Crippen LogP contribution in [0, 0.1) is 5.92 Å². The average Bonchev–Trinajstić information content (AvgIpc) is 2.21. The molecule has 1 amide bonds. The molecule has 90 valence electrons. The van der Waals surface area contributed by atoms with E-state index in [1.54, 1.807) is 0 Å². The highest BCUT2D eigenvalue weighted by atomic mass is 16.1. The van der Waals surface area contributed by atoms with Crippen LogP contribution >= 0.6 is 0 Å². The average molecular weight is 214 g/mol. The topological polar surface area (TPSA) is 46.3 Å². The summed E-state index contributed by atoms with van der Waals surface area (Å²) in [7, 11) is 0. The van der Waals surface area contributed by atoms with E-state index in [1.165, 1.54) is 12.8 Å². The smallest absolute Gasteiger partial charge is 0.237 e. The normalized spacial score (nSPS) is 19.3. The largest absolute Gasteiger partial charge is 0.368 e. The lowest BCUT2D eigenvalue weighted by molar-refractivity contribution is -0.129. The van der Waals surface area contributed by atoms with Crippen molar-refractivity contribution in [2.24, 2.45) is 11.7 Å². The molecule has 1 rings (SSSR count). The molecule has 0 saturated carbocycles. The first-order valence-electron chi connectivity index (χ1n) is 5.99. The summed E-state index contributed by atoms with van der Waals surface area (Å²) in [4.78, 5) is 13.4. The Morgan fingerprint density at radius 1 is 1.27 bits per heavy atom. The Hall–Kier alpha value is -0.570. The molecule has 0 aliphatic carbocycles. The van der Waals surface area contributed by atoms with Crippen LogP contribution in [0.3, 0.4) is 0 Å². The minimum Gasteiger partial charge on any atom is -0.368 e. The molecule has 2 N–H and O–H groups in total. The molecular weight excluding hydrogens is 188 g/mol. The lowest BCUT2D eigenvalue weighted by Gasteiger charge is -2.40. The fraction of sp³-hybridized carbons (Fsp3) is 0.917. The van der Waals surface area contributed by atoms with E-state index in [9.17, 15) is 4.79 Å². The summed E-state index contributed by atoms with van der Waals surface area (Å²) in [5, 5.41) is 0. The molecule has 3 heteroatoms. The Bertz CT molecular complexity index is 194. The quantitative estimate of drug-likeness (QED) is 0.764. The summed E-state index contributed by atoms with van der Waals surface area (Å²) in [6.07, 6.45) is 2.35. The van der Waals surface area contributed by atoms with Crippen molar-refractivity contribution in [1.29, 1.82) is 0 Å². The zero-order valence-corrected chi connectivity index (χ0v) is 10.8. The van der Waals surface area contributed by atoms with Gasteiger partial charge in [0, 0.05) is 0 Å². The van der Waals surface area contributed by atoms with Gasteiger partial charge in [-0.25, -0.2) is 0 Å². The maximum absolute atomic E-state index is 11.2. The minimum atomic E-state index is -0.472. The highest BCUT2D eigenvalue weighted by Crippen LogP contribution is 2.23. The summed E-state index contributed by atoms with van der Waals surface area (Å²) >= 11 is 0. The third-order valence-electron chi connectivity index (χ3n) is 3.18. The molecule has 15 heavy (non-hydrogen) atoms. The standard InChI is InChI=1S/C10H20N2O.C2H6/c1-8-4-6-12(7-5-8)10(2,3)9(11)13;1-2/h8H,4-7H2,1-3H3,(H2,11,13);1-2H3. The van der Waals surface area contributed by atoms with E-state index < -0.39 is 5.54 Å². The van der Waals surface area contributed by atoms with Crippen LogP contribution in [-0.2, 0) is 4.79 Å². The van der Waals surface area contributed by atoms with Crippen molar-refractivity contribution in [3.63, 3.8) is 0 Å². The molecule has 1 heterocycles. The third kappa shape index (κ3) is 3.82. The third-order valence-corrected chi connectivity index (χ3v) is 3.18. The van der Waals surface area contributed by atoms with E-state index in [-0.39, 0.29) is 5.91 Å². The molecule has 0 bridgehead atoms. The van der Waals surface area contributed by atoms with Crippen molar-refractivity contribution in [3.8, 4) is 0 Å². The number of hydrogen-bond acceptors (Lipinski definition) is 2. The van der Waals surface area contributed by atoms with Crippen LogP contribution in [0.25, 0.3) is 0 Å². The molecule has 0 aromatic carbocycles. The summed E-state index contributed by atoms with van der Waals surface area (Å²) in [5.41, 5.74) is 4.88. The van der Waals surface area contributed by atoms with E-state index in [2.05, 4.69) is 11.8 Å². The first-order valence-corrected chi connectivity index (χ1v) is 5.99. The Morgan fingerprint density at radius 3 is 2.00 bits per heavy atom.